The Bertz CT molecular complexity index is 1210. The third-order valence-corrected chi connectivity index (χ3v) is 8.02. The van der Waals surface area contributed by atoms with Crippen LogP contribution in [0.1, 0.15) is 27.0 Å². The molecule has 0 atom stereocenters. The molecule has 0 radical (unpaired) electrons. The van der Waals surface area contributed by atoms with Crippen molar-refractivity contribution in [1.82, 2.24) is 4.31 Å². The van der Waals surface area contributed by atoms with Crippen LogP contribution in [0.4, 0.5) is 5.69 Å². The highest BCUT2D eigenvalue weighted by Crippen LogP contribution is 2.27. The first-order valence-corrected chi connectivity index (χ1v) is 12.1. The number of hydrogen-bond acceptors (Lipinski definition) is 3. The van der Waals surface area contributed by atoms with E-state index in [4.69, 9.17) is 0 Å². The smallest absolute Gasteiger partial charge is 0.256 e. The lowest BCUT2D eigenvalue weighted by Crippen LogP contribution is -2.36. The number of hydrogen-bond donors (Lipinski definition) is 1. The van der Waals surface area contributed by atoms with Gasteiger partial charge < -0.3 is 5.32 Å². The van der Waals surface area contributed by atoms with Gasteiger partial charge in [-0.3, -0.25) is 4.79 Å². The van der Waals surface area contributed by atoms with Crippen LogP contribution >= 0.6 is 22.6 Å². The fraction of sp³-hybridized carbons (Fsp3) is 0.174. The van der Waals surface area contributed by atoms with Crippen molar-refractivity contribution in [3.8, 4) is 0 Å². The number of nitrogens with zero attached hydrogens (tertiary/aromatic N) is 1. The molecule has 1 aliphatic heterocycles. The summed E-state index contributed by atoms with van der Waals surface area (Å²) in [5, 5.41) is 2.93. The summed E-state index contributed by atoms with van der Waals surface area (Å²) in [6.45, 7) is 2.66. The molecule has 0 unspecified atom stereocenters. The Morgan fingerprint density at radius 1 is 1.00 bits per heavy atom. The van der Waals surface area contributed by atoms with Crippen LogP contribution in [0.2, 0.25) is 0 Å². The first kappa shape index (κ1) is 21.0. The molecule has 1 N–H and O–H groups in total. The third kappa shape index (κ3) is 4.28. The summed E-state index contributed by atoms with van der Waals surface area (Å²) in [6.07, 6.45) is 0.644. The maximum absolute atomic E-state index is 13.0. The van der Waals surface area contributed by atoms with E-state index in [0.29, 0.717) is 29.1 Å². The molecule has 7 heteroatoms. The second kappa shape index (κ2) is 8.49. The number of carbonyl (C=O) groups excluding carboxylic acids is 1. The van der Waals surface area contributed by atoms with Gasteiger partial charge in [-0.15, -0.1) is 0 Å². The normalized spacial score (nSPS) is 14.2. The average molecular weight is 532 g/mol. The van der Waals surface area contributed by atoms with E-state index >= 15 is 0 Å². The van der Waals surface area contributed by atoms with Crippen molar-refractivity contribution in [2.45, 2.75) is 24.8 Å². The van der Waals surface area contributed by atoms with Gasteiger partial charge in [-0.2, -0.15) is 4.31 Å². The van der Waals surface area contributed by atoms with E-state index in [9.17, 15) is 13.2 Å². The second-order valence-corrected chi connectivity index (χ2v) is 10.4. The number of halogens is 1. The van der Waals surface area contributed by atoms with Crippen LogP contribution in [-0.4, -0.2) is 25.2 Å². The number of nitrogens with one attached hydrogen (secondary N) is 1. The van der Waals surface area contributed by atoms with E-state index in [1.54, 1.807) is 18.2 Å². The summed E-state index contributed by atoms with van der Waals surface area (Å²) in [7, 11) is -3.56. The molecule has 3 aromatic rings. The van der Waals surface area contributed by atoms with Gasteiger partial charge in [0.05, 0.1) is 10.5 Å². The Kier molecular flexibility index (Phi) is 5.95. The minimum absolute atomic E-state index is 0.181. The molecule has 0 aromatic heterocycles. The maximum atomic E-state index is 13.0. The number of fused-ring (bicyclic) bond motifs is 1. The van der Waals surface area contributed by atoms with Crippen LogP contribution in [0.3, 0.4) is 0 Å². The number of benzene rings is 3. The highest BCUT2D eigenvalue weighted by atomic mass is 127. The van der Waals surface area contributed by atoms with Gasteiger partial charge in [-0.1, -0.05) is 35.9 Å². The van der Waals surface area contributed by atoms with Crippen LogP contribution < -0.4 is 5.32 Å². The Balaban J connectivity index is 1.56. The molecule has 3 aromatic carbocycles. The maximum Gasteiger partial charge on any atom is 0.256 e. The molecule has 5 nitrogen and oxygen atoms in total. The second-order valence-electron chi connectivity index (χ2n) is 7.32. The summed E-state index contributed by atoms with van der Waals surface area (Å²) in [5.74, 6) is -0.181. The van der Waals surface area contributed by atoms with Crippen LogP contribution in [0.15, 0.2) is 71.6 Å². The van der Waals surface area contributed by atoms with Crippen molar-refractivity contribution >= 4 is 44.2 Å². The van der Waals surface area contributed by atoms with Crippen molar-refractivity contribution in [2.24, 2.45) is 0 Å². The standard InChI is InChI=1S/C23H21IN2O3S/c1-16-6-10-20(11-7-16)30(28,29)26-13-12-17-8-9-19(14-18(17)15-26)25-23(27)21-4-2-3-5-22(21)24/h2-11,14H,12-13,15H2,1H3,(H,25,27). The van der Waals surface area contributed by atoms with Gasteiger partial charge in [-0.05, 0) is 83.5 Å². The number of rotatable bonds is 4. The fourth-order valence-electron chi connectivity index (χ4n) is 3.52. The fourth-order valence-corrected chi connectivity index (χ4v) is 5.57. The predicted molar refractivity (Wildman–Crippen MR) is 126 cm³/mol. The van der Waals surface area contributed by atoms with Crippen LogP contribution in [0.25, 0.3) is 0 Å². The van der Waals surface area contributed by atoms with Crippen LogP contribution in [0, 0.1) is 10.5 Å². The Hall–Kier alpha value is -2.23. The molecular formula is C23H21IN2O3S. The van der Waals surface area contributed by atoms with Crippen LogP contribution in [0.5, 0.6) is 0 Å². The zero-order valence-electron chi connectivity index (χ0n) is 16.4. The zero-order chi connectivity index (χ0) is 21.3. The first-order valence-electron chi connectivity index (χ1n) is 9.59. The van der Waals surface area contributed by atoms with Gasteiger partial charge in [0.25, 0.3) is 5.91 Å². The number of carbonyl (C=O) groups is 1. The molecule has 4 rings (SSSR count). The van der Waals surface area contributed by atoms with E-state index < -0.39 is 10.0 Å². The highest BCUT2D eigenvalue weighted by Gasteiger charge is 2.28. The van der Waals surface area contributed by atoms with E-state index in [-0.39, 0.29) is 12.5 Å². The number of aryl methyl sites for hydroxylation is 1. The zero-order valence-corrected chi connectivity index (χ0v) is 19.4. The molecule has 0 saturated carbocycles. The molecule has 1 heterocycles. The predicted octanol–water partition coefficient (Wildman–Crippen LogP) is 4.60. The van der Waals surface area contributed by atoms with Crippen molar-refractivity contribution in [3.63, 3.8) is 0 Å². The summed E-state index contributed by atoms with van der Waals surface area (Å²) < 4.78 is 28.5. The van der Waals surface area contributed by atoms with Gasteiger partial charge >= 0.3 is 0 Å². The highest BCUT2D eigenvalue weighted by molar-refractivity contribution is 14.1. The van der Waals surface area contributed by atoms with Gasteiger partial charge in [0.1, 0.15) is 0 Å². The molecule has 154 valence electrons. The average Bonchev–Trinajstić information content (AvgIpc) is 2.73. The van der Waals surface area contributed by atoms with E-state index in [1.807, 2.05) is 55.5 Å². The first-order chi connectivity index (χ1) is 14.3. The minimum atomic E-state index is -3.56. The number of amides is 1. The lowest BCUT2D eigenvalue weighted by Gasteiger charge is -2.28. The van der Waals surface area contributed by atoms with Crippen molar-refractivity contribution in [2.75, 3.05) is 11.9 Å². The SMILES string of the molecule is Cc1ccc(S(=O)(=O)N2CCc3ccc(NC(=O)c4ccccc4I)cc3C2)cc1. The lowest BCUT2D eigenvalue weighted by atomic mass is 10.0. The van der Waals surface area contributed by atoms with Gasteiger partial charge in [-0.25, -0.2) is 8.42 Å². The topological polar surface area (TPSA) is 66.5 Å². The molecule has 0 aliphatic carbocycles. The molecule has 0 fully saturated rings. The van der Waals surface area contributed by atoms with Gasteiger partial charge in [0, 0.05) is 22.3 Å². The lowest BCUT2D eigenvalue weighted by molar-refractivity contribution is 0.102. The molecule has 1 aliphatic rings. The number of anilines is 1. The minimum Gasteiger partial charge on any atom is -0.322 e. The summed E-state index contributed by atoms with van der Waals surface area (Å²) in [4.78, 5) is 12.9. The van der Waals surface area contributed by atoms with E-state index in [0.717, 1.165) is 20.3 Å². The Morgan fingerprint density at radius 2 is 1.73 bits per heavy atom. The van der Waals surface area contributed by atoms with Gasteiger partial charge in [0.15, 0.2) is 0 Å². The molecular weight excluding hydrogens is 511 g/mol. The van der Waals surface area contributed by atoms with E-state index in [1.165, 1.54) is 4.31 Å². The summed E-state index contributed by atoms with van der Waals surface area (Å²) in [6, 6.07) is 20.0. The van der Waals surface area contributed by atoms with Crippen molar-refractivity contribution < 1.29 is 13.2 Å². The third-order valence-electron chi connectivity index (χ3n) is 5.22. The molecule has 0 bridgehead atoms. The number of sulfonamides is 1. The summed E-state index contributed by atoms with van der Waals surface area (Å²) in [5.41, 5.74) is 4.31. The van der Waals surface area contributed by atoms with Crippen molar-refractivity contribution in [3.05, 3.63) is 92.6 Å². The quantitative estimate of drug-likeness (QED) is 0.500. The monoisotopic (exact) mass is 532 g/mol. The molecule has 0 saturated heterocycles. The summed E-state index contributed by atoms with van der Waals surface area (Å²) >= 11 is 2.14. The Morgan fingerprint density at radius 3 is 2.47 bits per heavy atom. The van der Waals surface area contributed by atoms with Crippen molar-refractivity contribution in [1.29, 1.82) is 0 Å². The largest absolute Gasteiger partial charge is 0.322 e. The van der Waals surface area contributed by atoms with Gasteiger partial charge in [0.2, 0.25) is 10.0 Å². The molecule has 30 heavy (non-hydrogen) atoms. The van der Waals surface area contributed by atoms with E-state index in [2.05, 4.69) is 27.9 Å². The Labute approximate surface area is 190 Å². The molecule has 1 amide bonds. The van der Waals surface area contributed by atoms with Crippen LogP contribution in [-0.2, 0) is 23.0 Å². The molecule has 0 spiro atoms.